The molecule has 0 heterocycles. The Labute approximate surface area is 83.6 Å². The summed E-state index contributed by atoms with van der Waals surface area (Å²) in [5, 5.41) is 0.749. The van der Waals surface area contributed by atoms with Gasteiger partial charge in [-0.15, -0.1) is 0 Å². The first-order valence-electron chi connectivity index (χ1n) is 4.22. The van der Waals surface area contributed by atoms with Gasteiger partial charge in [0.2, 0.25) is 0 Å². The number of benzene rings is 1. The average molecular weight is 200 g/mol. The third kappa shape index (κ3) is 2.36. The van der Waals surface area contributed by atoms with Crippen LogP contribution in [0.3, 0.4) is 0 Å². The van der Waals surface area contributed by atoms with E-state index in [2.05, 4.69) is 0 Å². The molecule has 0 spiro atoms. The van der Waals surface area contributed by atoms with E-state index >= 15 is 0 Å². The minimum absolute atomic E-state index is 0.266. The van der Waals surface area contributed by atoms with E-state index < -0.39 is 0 Å². The number of halogens is 1. The summed E-state index contributed by atoms with van der Waals surface area (Å²) in [7, 11) is 1.64. The molecule has 0 aliphatic carbocycles. The van der Waals surface area contributed by atoms with Crippen LogP contribution in [0.15, 0.2) is 18.2 Å². The van der Waals surface area contributed by atoms with Crippen molar-refractivity contribution in [3.05, 3.63) is 28.8 Å². The molecule has 0 aromatic heterocycles. The van der Waals surface area contributed by atoms with Crippen LogP contribution in [0.4, 0.5) is 0 Å². The van der Waals surface area contributed by atoms with Crippen molar-refractivity contribution in [2.24, 2.45) is 5.73 Å². The summed E-state index contributed by atoms with van der Waals surface area (Å²) in [6.45, 7) is 2.63. The molecule has 0 bridgehead atoms. The van der Waals surface area contributed by atoms with Gasteiger partial charge < -0.3 is 10.5 Å². The molecule has 1 rings (SSSR count). The molecule has 0 saturated carbocycles. The molecule has 0 aliphatic heterocycles. The van der Waals surface area contributed by atoms with Gasteiger partial charge in [0.15, 0.2) is 0 Å². The quantitative estimate of drug-likeness (QED) is 0.812. The van der Waals surface area contributed by atoms with Crippen molar-refractivity contribution in [1.82, 2.24) is 0 Å². The van der Waals surface area contributed by atoms with Gasteiger partial charge >= 0.3 is 0 Å². The summed E-state index contributed by atoms with van der Waals surface area (Å²) in [4.78, 5) is 0. The van der Waals surface area contributed by atoms with Crippen LogP contribution in [-0.2, 0) is 0 Å². The number of hydrogen-bond donors (Lipinski definition) is 1. The lowest BCUT2D eigenvalue weighted by atomic mass is 10.0. The van der Waals surface area contributed by atoms with Gasteiger partial charge in [-0.25, -0.2) is 0 Å². The summed E-state index contributed by atoms with van der Waals surface area (Å²) in [6.07, 6.45) is 0. The maximum Gasteiger partial charge on any atom is 0.119 e. The minimum Gasteiger partial charge on any atom is -0.497 e. The topological polar surface area (TPSA) is 35.2 Å². The van der Waals surface area contributed by atoms with Crippen LogP contribution >= 0.6 is 11.6 Å². The monoisotopic (exact) mass is 199 g/mol. The second kappa shape index (κ2) is 4.49. The van der Waals surface area contributed by atoms with Gasteiger partial charge in [-0.2, -0.15) is 0 Å². The number of hydrogen-bond acceptors (Lipinski definition) is 2. The Morgan fingerprint density at radius 2 is 2.23 bits per heavy atom. The molecule has 1 atom stereocenters. The van der Waals surface area contributed by atoms with Gasteiger partial charge in [-0.3, -0.25) is 0 Å². The normalized spacial score (nSPS) is 12.6. The molecular formula is C10H14ClNO. The molecule has 0 aliphatic rings. The van der Waals surface area contributed by atoms with E-state index in [1.165, 1.54) is 0 Å². The highest BCUT2D eigenvalue weighted by Gasteiger charge is 2.08. The molecule has 3 heteroatoms. The lowest BCUT2D eigenvalue weighted by Gasteiger charge is -2.12. The molecule has 0 saturated heterocycles. The van der Waals surface area contributed by atoms with E-state index in [1.54, 1.807) is 7.11 Å². The first-order chi connectivity index (χ1) is 6.19. The molecule has 1 aromatic carbocycles. The van der Waals surface area contributed by atoms with Crippen molar-refractivity contribution >= 4 is 11.6 Å². The van der Waals surface area contributed by atoms with Crippen LogP contribution in [-0.4, -0.2) is 13.7 Å². The first-order valence-corrected chi connectivity index (χ1v) is 4.60. The van der Waals surface area contributed by atoms with Crippen molar-refractivity contribution in [3.63, 3.8) is 0 Å². The van der Waals surface area contributed by atoms with E-state index in [4.69, 9.17) is 22.1 Å². The van der Waals surface area contributed by atoms with Gasteiger partial charge in [-0.1, -0.05) is 18.5 Å². The number of nitrogens with two attached hydrogens (primary N) is 1. The summed E-state index contributed by atoms with van der Waals surface area (Å²) in [5.74, 6) is 1.09. The van der Waals surface area contributed by atoms with Crippen LogP contribution in [0.2, 0.25) is 5.02 Å². The highest BCUT2D eigenvalue weighted by molar-refractivity contribution is 6.31. The fourth-order valence-corrected chi connectivity index (χ4v) is 1.46. The average Bonchev–Trinajstić information content (AvgIpc) is 2.17. The van der Waals surface area contributed by atoms with Gasteiger partial charge in [-0.05, 0) is 36.2 Å². The Balaban J connectivity index is 3.03. The molecule has 13 heavy (non-hydrogen) atoms. The zero-order valence-corrected chi connectivity index (χ0v) is 8.64. The number of ether oxygens (including phenoxy) is 1. The van der Waals surface area contributed by atoms with Gasteiger partial charge in [0.25, 0.3) is 0 Å². The Kier molecular flexibility index (Phi) is 3.58. The van der Waals surface area contributed by atoms with Crippen LogP contribution in [0, 0.1) is 0 Å². The molecule has 2 N–H and O–H groups in total. The van der Waals surface area contributed by atoms with E-state index in [-0.39, 0.29) is 5.92 Å². The molecule has 0 fully saturated rings. The second-order valence-electron chi connectivity index (χ2n) is 3.02. The van der Waals surface area contributed by atoms with Crippen LogP contribution in [0.25, 0.3) is 0 Å². The third-order valence-corrected chi connectivity index (χ3v) is 2.43. The van der Waals surface area contributed by atoms with E-state index in [9.17, 15) is 0 Å². The van der Waals surface area contributed by atoms with Gasteiger partial charge in [0.1, 0.15) is 5.75 Å². The van der Waals surface area contributed by atoms with E-state index in [0.29, 0.717) is 6.54 Å². The number of rotatable bonds is 3. The molecule has 0 radical (unpaired) electrons. The first kappa shape index (κ1) is 10.4. The maximum atomic E-state index is 6.02. The summed E-state index contributed by atoms with van der Waals surface area (Å²) in [5.41, 5.74) is 6.61. The van der Waals surface area contributed by atoms with Crippen molar-refractivity contribution in [1.29, 1.82) is 0 Å². The molecular weight excluding hydrogens is 186 g/mol. The fourth-order valence-electron chi connectivity index (χ4n) is 1.15. The standard InChI is InChI=1S/C10H14ClNO/c1-7(6-12)9-5-8(13-2)3-4-10(9)11/h3-5,7H,6,12H2,1-2H3. The smallest absolute Gasteiger partial charge is 0.119 e. The Morgan fingerprint density at radius 3 is 2.77 bits per heavy atom. The lowest BCUT2D eigenvalue weighted by molar-refractivity contribution is 0.414. The van der Waals surface area contributed by atoms with Crippen molar-refractivity contribution < 1.29 is 4.74 Å². The molecule has 0 amide bonds. The fraction of sp³-hybridized carbons (Fsp3) is 0.400. The predicted molar refractivity (Wildman–Crippen MR) is 55.5 cm³/mol. The minimum atomic E-state index is 0.266. The summed E-state index contributed by atoms with van der Waals surface area (Å²) in [6, 6.07) is 5.61. The largest absolute Gasteiger partial charge is 0.497 e. The van der Waals surface area contributed by atoms with Crippen LogP contribution in [0.1, 0.15) is 18.4 Å². The summed E-state index contributed by atoms with van der Waals surface area (Å²) < 4.78 is 5.11. The Bertz CT molecular complexity index is 288. The lowest BCUT2D eigenvalue weighted by Crippen LogP contribution is -2.09. The van der Waals surface area contributed by atoms with E-state index in [1.807, 2.05) is 25.1 Å². The van der Waals surface area contributed by atoms with Crippen molar-refractivity contribution in [2.75, 3.05) is 13.7 Å². The zero-order valence-electron chi connectivity index (χ0n) is 7.88. The number of methoxy groups -OCH3 is 1. The van der Waals surface area contributed by atoms with Gasteiger partial charge in [0, 0.05) is 5.02 Å². The highest BCUT2D eigenvalue weighted by Crippen LogP contribution is 2.27. The zero-order chi connectivity index (χ0) is 9.84. The SMILES string of the molecule is COc1ccc(Cl)c(C(C)CN)c1. The third-order valence-electron chi connectivity index (χ3n) is 2.09. The van der Waals surface area contributed by atoms with E-state index in [0.717, 1.165) is 16.3 Å². The molecule has 72 valence electrons. The van der Waals surface area contributed by atoms with Gasteiger partial charge in [0.05, 0.1) is 7.11 Å². The Hall–Kier alpha value is -0.730. The summed E-state index contributed by atoms with van der Waals surface area (Å²) >= 11 is 6.02. The molecule has 1 unspecified atom stereocenters. The molecule has 2 nitrogen and oxygen atoms in total. The second-order valence-corrected chi connectivity index (χ2v) is 3.43. The Morgan fingerprint density at radius 1 is 1.54 bits per heavy atom. The van der Waals surface area contributed by atoms with Crippen molar-refractivity contribution in [3.8, 4) is 5.75 Å². The highest BCUT2D eigenvalue weighted by atomic mass is 35.5. The van der Waals surface area contributed by atoms with Crippen molar-refractivity contribution in [2.45, 2.75) is 12.8 Å². The van der Waals surface area contributed by atoms with Crippen LogP contribution < -0.4 is 10.5 Å². The predicted octanol–water partition coefficient (Wildman–Crippen LogP) is 2.41. The molecule has 1 aromatic rings. The van der Waals surface area contributed by atoms with Crippen LogP contribution in [0.5, 0.6) is 5.75 Å². The maximum absolute atomic E-state index is 6.02.